The fourth-order valence-electron chi connectivity index (χ4n) is 3.35. The standard InChI is InChI=1S/C17H22N4O3/c1-10-14(11(2)23-19-10)8-16(22)21-6-5-12(9-21)7-15-18-17(24-20-15)13-3-4-13/h12-13H,3-9H2,1-2H3. The third kappa shape index (κ3) is 3.07. The largest absolute Gasteiger partial charge is 0.361 e. The van der Waals surface area contributed by atoms with Crippen molar-refractivity contribution in [2.75, 3.05) is 13.1 Å². The molecule has 0 spiro atoms. The molecule has 4 rings (SSSR count). The van der Waals surface area contributed by atoms with Crippen LogP contribution in [-0.2, 0) is 17.6 Å². The minimum atomic E-state index is 0.138. The lowest BCUT2D eigenvalue weighted by Crippen LogP contribution is -2.30. The number of carbonyl (C=O) groups is 1. The van der Waals surface area contributed by atoms with E-state index in [-0.39, 0.29) is 5.91 Å². The quantitative estimate of drug-likeness (QED) is 0.835. The van der Waals surface area contributed by atoms with Crippen LogP contribution in [0.15, 0.2) is 9.05 Å². The van der Waals surface area contributed by atoms with E-state index in [0.717, 1.165) is 67.5 Å². The van der Waals surface area contributed by atoms with Gasteiger partial charge in [0.15, 0.2) is 5.82 Å². The first-order valence-electron chi connectivity index (χ1n) is 8.62. The number of aryl methyl sites for hydroxylation is 2. The average molecular weight is 330 g/mol. The van der Waals surface area contributed by atoms with Crippen LogP contribution in [0.5, 0.6) is 0 Å². The van der Waals surface area contributed by atoms with Gasteiger partial charge in [-0.25, -0.2) is 0 Å². The van der Waals surface area contributed by atoms with Crippen molar-refractivity contribution in [1.82, 2.24) is 20.2 Å². The number of hydrogen-bond donors (Lipinski definition) is 0. The minimum Gasteiger partial charge on any atom is -0.361 e. The van der Waals surface area contributed by atoms with Crippen LogP contribution >= 0.6 is 0 Å². The first-order valence-corrected chi connectivity index (χ1v) is 8.62. The zero-order chi connectivity index (χ0) is 16.7. The van der Waals surface area contributed by atoms with Gasteiger partial charge in [-0.15, -0.1) is 0 Å². The Bertz CT molecular complexity index is 727. The van der Waals surface area contributed by atoms with Crippen molar-refractivity contribution in [2.45, 2.75) is 51.9 Å². The molecule has 0 radical (unpaired) electrons. The van der Waals surface area contributed by atoms with Crippen molar-refractivity contribution < 1.29 is 13.8 Å². The highest BCUT2D eigenvalue weighted by Crippen LogP contribution is 2.39. The van der Waals surface area contributed by atoms with E-state index in [4.69, 9.17) is 9.05 Å². The molecule has 0 aromatic carbocycles. The van der Waals surface area contributed by atoms with E-state index in [0.29, 0.717) is 18.3 Å². The van der Waals surface area contributed by atoms with Crippen LogP contribution in [0.3, 0.4) is 0 Å². The zero-order valence-corrected chi connectivity index (χ0v) is 14.1. The summed E-state index contributed by atoms with van der Waals surface area (Å²) in [5.74, 6) is 3.33. The SMILES string of the molecule is Cc1noc(C)c1CC(=O)N1CCC(Cc2noc(C3CC3)n2)C1. The van der Waals surface area contributed by atoms with E-state index in [2.05, 4.69) is 15.3 Å². The van der Waals surface area contributed by atoms with E-state index in [9.17, 15) is 4.79 Å². The Kier molecular flexibility index (Phi) is 3.86. The van der Waals surface area contributed by atoms with Crippen LogP contribution in [0.4, 0.5) is 0 Å². The summed E-state index contributed by atoms with van der Waals surface area (Å²) in [6.45, 7) is 5.28. The number of likely N-dealkylation sites (tertiary alicyclic amines) is 1. The Morgan fingerprint density at radius 2 is 2.04 bits per heavy atom. The normalized spacial score (nSPS) is 20.8. The van der Waals surface area contributed by atoms with E-state index in [1.165, 1.54) is 0 Å². The van der Waals surface area contributed by atoms with E-state index in [1.54, 1.807) is 0 Å². The molecule has 0 N–H and O–H groups in total. The molecule has 2 aromatic heterocycles. The van der Waals surface area contributed by atoms with Gasteiger partial charge in [0, 0.05) is 31.0 Å². The fourth-order valence-corrected chi connectivity index (χ4v) is 3.35. The number of rotatable bonds is 5. The molecule has 1 unspecified atom stereocenters. The van der Waals surface area contributed by atoms with Crippen LogP contribution in [0.1, 0.15) is 53.9 Å². The summed E-state index contributed by atoms with van der Waals surface area (Å²) in [6, 6.07) is 0. The predicted molar refractivity (Wildman–Crippen MR) is 84.3 cm³/mol. The summed E-state index contributed by atoms with van der Waals surface area (Å²) in [5, 5.41) is 8.00. The third-order valence-corrected chi connectivity index (χ3v) is 5.03. The molecule has 1 saturated carbocycles. The number of nitrogens with zero attached hydrogens (tertiary/aromatic N) is 4. The number of carbonyl (C=O) groups excluding carboxylic acids is 1. The van der Waals surface area contributed by atoms with Gasteiger partial charge in [0.25, 0.3) is 0 Å². The van der Waals surface area contributed by atoms with Gasteiger partial charge in [0.2, 0.25) is 11.8 Å². The molecule has 7 nitrogen and oxygen atoms in total. The van der Waals surface area contributed by atoms with Crippen LogP contribution in [0.2, 0.25) is 0 Å². The molecule has 24 heavy (non-hydrogen) atoms. The van der Waals surface area contributed by atoms with Crippen molar-refractivity contribution >= 4 is 5.91 Å². The number of amides is 1. The molecule has 2 fully saturated rings. The molecule has 1 aliphatic heterocycles. The Morgan fingerprint density at radius 3 is 2.75 bits per heavy atom. The highest BCUT2D eigenvalue weighted by atomic mass is 16.5. The molecule has 0 bridgehead atoms. The van der Waals surface area contributed by atoms with Gasteiger partial charge < -0.3 is 13.9 Å². The molecule has 7 heteroatoms. The molecular weight excluding hydrogens is 308 g/mol. The van der Waals surface area contributed by atoms with Gasteiger partial charge in [-0.2, -0.15) is 4.98 Å². The Morgan fingerprint density at radius 1 is 1.21 bits per heavy atom. The first-order chi connectivity index (χ1) is 11.6. The smallest absolute Gasteiger partial charge is 0.229 e. The van der Waals surface area contributed by atoms with Crippen LogP contribution in [-0.4, -0.2) is 39.2 Å². The monoisotopic (exact) mass is 330 g/mol. The summed E-state index contributed by atoms with van der Waals surface area (Å²) in [5.41, 5.74) is 1.71. The summed E-state index contributed by atoms with van der Waals surface area (Å²) < 4.78 is 10.4. The number of aromatic nitrogens is 3. The lowest BCUT2D eigenvalue weighted by Gasteiger charge is -2.16. The van der Waals surface area contributed by atoms with Gasteiger partial charge in [-0.1, -0.05) is 10.3 Å². The Hall–Kier alpha value is -2.18. The van der Waals surface area contributed by atoms with Gasteiger partial charge in [0.05, 0.1) is 12.1 Å². The third-order valence-electron chi connectivity index (χ3n) is 5.03. The second kappa shape index (κ2) is 6.03. The molecule has 1 saturated heterocycles. The Labute approximate surface area is 140 Å². The van der Waals surface area contributed by atoms with Crippen LogP contribution < -0.4 is 0 Å². The summed E-state index contributed by atoms with van der Waals surface area (Å²) in [7, 11) is 0. The maximum Gasteiger partial charge on any atom is 0.229 e. The maximum absolute atomic E-state index is 12.5. The molecule has 128 valence electrons. The minimum absolute atomic E-state index is 0.138. The molecule has 2 aromatic rings. The van der Waals surface area contributed by atoms with Crippen molar-refractivity contribution in [1.29, 1.82) is 0 Å². The first kappa shape index (κ1) is 15.4. The van der Waals surface area contributed by atoms with E-state index >= 15 is 0 Å². The highest BCUT2D eigenvalue weighted by molar-refractivity contribution is 5.79. The molecule has 3 heterocycles. The summed E-state index contributed by atoms with van der Waals surface area (Å²) in [4.78, 5) is 18.9. The van der Waals surface area contributed by atoms with Crippen LogP contribution in [0, 0.1) is 19.8 Å². The van der Waals surface area contributed by atoms with Crippen LogP contribution in [0.25, 0.3) is 0 Å². The molecule has 1 amide bonds. The lowest BCUT2D eigenvalue weighted by atomic mass is 10.0. The number of hydrogen-bond acceptors (Lipinski definition) is 6. The van der Waals surface area contributed by atoms with Gasteiger partial charge in [-0.05, 0) is 39.0 Å². The second-order valence-electron chi connectivity index (χ2n) is 7.00. The van der Waals surface area contributed by atoms with Crippen molar-refractivity contribution in [3.8, 4) is 0 Å². The van der Waals surface area contributed by atoms with Gasteiger partial charge in [-0.3, -0.25) is 4.79 Å². The van der Waals surface area contributed by atoms with Gasteiger partial charge in [0.1, 0.15) is 5.76 Å². The lowest BCUT2D eigenvalue weighted by molar-refractivity contribution is -0.129. The van der Waals surface area contributed by atoms with Crippen molar-refractivity contribution in [3.05, 3.63) is 28.7 Å². The molecule has 2 aliphatic rings. The van der Waals surface area contributed by atoms with Gasteiger partial charge >= 0.3 is 0 Å². The zero-order valence-electron chi connectivity index (χ0n) is 14.1. The molecular formula is C17H22N4O3. The maximum atomic E-state index is 12.5. The van der Waals surface area contributed by atoms with E-state index in [1.807, 2.05) is 18.7 Å². The molecule has 1 aliphatic carbocycles. The van der Waals surface area contributed by atoms with E-state index < -0.39 is 0 Å². The summed E-state index contributed by atoms with van der Waals surface area (Å²) in [6.07, 6.45) is 4.46. The highest BCUT2D eigenvalue weighted by Gasteiger charge is 2.31. The topological polar surface area (TPSA) is 85.3 Å². The predicted octanol–water partition coefficient (Wildman–Crippen LogP) is 2.19. The molecule has 1 atom stereocenters. The summed E-state index contributed by atoms with van der Waals surface area (Å²) >= 11 is 0. The Balaban J connectivity index is 1.32. The fraction of sp³-hybridized carbons (Fsp3) is 0.647. The van der Waals surface area contributed by atoms with Crippen molar-refractivity contribution in [3.63, 3.8) is 0 Å². The second-order valence-corrected chi connectivity index (χ2v) is 7.00. The average Bonchev–Trinajstić information content (AvgIpc) is 2.99. The van der Waals surface area contributed by atoms with Crippen molar-refractivity contribution in [2.24, 2.45) is 5.92 Å².